The minimum atomic E-state index is 0.204. The molecule has 2 atom stereocenters. The van der Waals surface area contributed by atoms with Crippen LogP contribution < -0.4 is 5.32 Å². The molecule has 0 heterocycles. The number of hydrogen-bond acceptors (Lipinski definition) is 1. The van der Waals surface area contributed by atoms with Crippen LogP contribution in [-0.4, -0.2) is 12.1 Å². The Morgan fingerprint density at radius 2 is 1.72 bits per heavy atom. The molecular formula is C17H29N. The van der Waals surface area contributed by atoms with Gasteiger partial charge in [0.25, 0.3) is 0 Å². The minimum Gasteiger partial charge on any atom is -0.312 e. The van der Waals surface area contributed by atoms with Gasteiger partial charge in [0, 0.05) is 5.54 Å². The van der Waals surface area contributed by atoms with Gasteiger partial charge >= 0.3 is 0 Å². The van der Waals surface area contributed by atoms with Crippen molar-refractivity contribution in [3.63, 3.8) is 0 Å². The fourth-order valence-corrected chi connectivity index (χ4v) is 2.22. The summed E-state index contributed by atoms with van der Waals surface area (Å²) in [6, 6.07) is 6.66. The number of aryl methyl sites for hydroxylation is 1. The third-order valence-corrected chi connectivity index (χ3v) is 3.95. The Bertz CT molecular complexity index is 387. The number of rotatable bonds is 4. The number of benzene rings is 1. The lowest BCUT2D eigenvalue weighted by atomic mass is 9.85. The van der Waals surface area contributed by atoms with E-state index in [0.717, 1.165) is 6.54 Å². The molecule has 1 nitrogen and oxygen atoms in total. The van der Waals surface area contributed by atoms with E-state index in [2.05, 4.69) is 72.0 Å². The molecule has 1 aromatic carbocycles. The average Bonchev–Trinajstić information content (AvgIpc) is 2.28. The lowest BCUT2D eigenvalue weighted by Crippen LogP contribution is -2.39. The summed E-state index contributed by atoms with van der Waals surface area (Å²) in [4.78, 5) is 0. The molecule has 0 radical (unpaired) electrons. The first kappa shape index (κ1) is 15.2. The fraction of sp³-hybridized carbons (Fsp3) is 0.647. The maximum absolute atomic E-state index is 3.61. The largest absolute Gasteiger partial charge is 0.312 e. The predicted molar refractivity (Wildman–Crippen MR) is 81.3 cm³/mol. The molecule has 0 aliphatic carbocycles. The lowest BCUT2D eigenvalue weighted by molar-refractivity contribution is 0.359. The van der Waals surface area contributed by atoms with Crippen LogP contribution in [-0.2, 0) is 0 Å². The zero-order valence-corrected chi connectivity index (χ0v) is 13.1. The molecule has 1 N–H and O–H groups in total. The van der Waals surface area contributed by atoms with E-state index < -0.39 is 0 Å². The first-order valence-electron chi connectivity index (χ1n) is 7.03. The molecule has 102 valence electrons. The topological polar surface area (TPSA) is 12.0 Å². The highest BCUT2D eigenvalue weighted by Crippen LogP contribution is 2.28. The van der Waals surface area contributed by atoms with Gasteiger partial charge in [-0.15, -0.1) is 0 Å². The van der Waals surface area contributed by atoms with Crippen molar-refractivity contribution in [3.05, 3.63) is 34.9 Å². The summed E-state index contributed by atoms with van der Waals surface area (Å²) in [6.07, 6.45) is 0. The normalized spacial score (nSPS) is 15.5. The standard InChI is InChI=1S/C17H29N/c1-12-9-8-10-16(14(12)3)15(4)13(2)11-18-17(5,6)7/h8-10,13,15,18H,11H2,1-7H3. The Balaban J connectivity index is 2.74. The molecule has 1 aromatic rings. The highest BCUT2D eigenvalue weighted by atomic mass is 14.9. The summed E-state index contributed by atoms with van der Waals surface area (Å²) in [5.41, 5.74) is 4.55. The Labute approximate surface area is 113 Å². The number of hydrogen-bond donors (Lipinski definition) is 1. The van der Waals surface area contributed by atoms with Gasteiger partial charge in [-0.05, 0) is 69.7 Å². The van der Waals surface area contributed by atoms with Crippen LogP contribution in [0.5, 0.6) is 0 Å². The SMILES string of the molecule is Cc1cccc(C(C)C(C)CNC(C)(C)C)c1C. The van der Waals surface area contributed by atoms with Crippen molar-refractivity contribution in [2.75, 3.05) is 6.54 Å². The number of nitrogens with one attached hydrogen (secondary N) is 1. The highest BCUT2D eigenvalue weighted by molar-refractivity contribution is 5.35. The molecule has 2 unspecified atom stereocenters. The van der Waals surface area contributed by atoms with Gasteiger partial charge in [-0.1, -0.05) is 32.0 Å². The van der Waals surface area contributed by atoms with E-state index in [9.17, 15) is 0 Å². The Morgan fingerprint density at radius 3 is 2.28 bits per heavy atom. The summed E-state index contributed by atoms with van der Waals surface area (Å²) < 4.78 is 0. The molecule has 0 saturated heterocycles. The van der Waals surface area contributed by atoms with Gasteiger partial charge in [-0.3, -0.25) is 0 Å². The van der Waals surface area contributed by atoms with Crippen molar-refractivity contribution in [1.29, 1.82) is 0 Å². The molecule has 0 spiro atoms. The maximum Gasteiger partial charge on any atom is 0.00966 e. The summed E-state index contributed by atoms with van der Waals surface area (Å²) >= 11 is 0. The second-order valence-corrected chi connectivity index (χ2v) is 6.69. The Hall–Kier alpha value is -0.820. The van der Waals surface area contributed by atoms with Gasteiger partial charge in [0.05, 0.1) is 0 Å². The van der Waals surface area contributed by atoms with E-state index in [0.29, 0.717) is 11.8 Å². The van der Waals surface area contributed by atoms with Crippen molar-refractivity contribution in [2.45, 2.75) is 59.9 Å². The third kappa shape index (κ3) is 4.13. The van der Waals surface area contributed by atoms with Gasteiger partial charge in [-0.25, -0.2) is 0 Å². The molecule has 0 aliphatic rings. The van der Waals surface area contributed by atoms with E-state index in [4.69, 9.17) is 0 Å². The molecule has 0 bridgehead atoms. The first-order valence-corrected chi connectivity index (χ1v) is 7.03. The second kappa shape index (κ2) is 5.88. The van der Waals surface area contributed by atoms with Crippen LogP contribution in [0.15, 0.2) is 18.2 Å². The lowest BCUT2D eigenvalue weighted by Gasteiger charge is -2.28. The zero-order chi connectivity index (χ0) is 13.9. The van der Waals surface area contributed by atoms with Gasteiger partial charge in [0.15, 0.2) is 0 Å². The van der Waals surface area contributed by atoms with E-state index in [1.54, 1.807) is 0 Å². The molecule has 18 heavy (non-hydrogen) atoms. The molecule has 1 heteroatoms. The molecular weight excluding hydrogens is 218 g/mol. The molecule has 0 amide bonds. The molecule has 0 saturated carbocycles. The quantitative estimate of drug-likeness (QED) is 0.830. The van der Waals surface area contributed by atoms with E-state index in [1.807, 2.05) is 0 Å². The Morgan fingerprint density at radius 1 is 1.11 bits per heavy atom. The van der Waals surface area contributed by atoms with Crippen LogP contribution in [0.2, 0.25) is 0 Å². The van der Waals surface area contributed by atoms with Crippen molar-refractivity contribution < 1.29 is 0 Å². The van der Waals surface area contributed by atoms with Crippen LogP contribution in [0, 0.1) is 19.8 Å². The van der Waals surface area contributed by atoms with Gasteiger partial charge < -0.3 is 5.32 Å². The summed E-state index contributed by atoms with van der Waals surface area (Å²) in [5, 5.41) is 3.61. The molecule has 0 fully saturated rings. The Kier molecular flexibility index (Phi) is 4.98. The maximum atomic E-state index is 3.61. The van der Waals surface area contributed by atoms with Crippen LogP contribution >= 0.6 is 0 Å². The van der Waals surface area contributed by atoms with Crippen molar-refractivity contribution in [2.24, 2.45) is 5.92 Å². The van der Waals surface area contributed by atoms with Crippen LogP contribution in [0.3, 0.4) is 0 Å². The smallest absolute Gasteiger partial charge is 0.00966 e. The molecule has 0 aliphatic heterocycles. The van der Waals surface area contributed by atoms with Gasteiger partial charge in [0.2, 0.25) is 0 Å². The van der Waals surface area contributed by atoms with Gasteiger partial charge in [-0.2, -0.15) is 0 Å². The first-order chi connectivity index (χ1) is 8.22. The summed E-state index contributed by atoms with van der Waals surface area (Å²) in [5.74, 6) is 1.24. The second-order valence-electron chi connectivity index (χ2n) is 6.69. The monoisotopic (exact) mass is 247 g/mol. The third-order valence-electron chi connectivity index (χ3n) is 3.95. The van der Waals surface area contributed by atoms with Crippen molar-refractivity contribution >= 4 is 0 Å². The predicted octanol–water partition coefficient (Wildman–Crippen LogP) is 4.43. The molecule has 1 rings (SSSR count). The van der Waals surface area contributed by atoms with Gasteiger partial charge in [0.1, 0.15) is 0 Å². The van der Waals surface area contributed by atoms with E-state index >= 15 is 0 Å². The van der Waals surface area contributed by atoms with Crippen molar-refractivity contribution in [1.82, 2.24) is 5.32 Å². The van der Waals surface area contributed by atoms with Crippen LogP contribution in [0.4, 0.5) is 0 Å². The summed E-state index contributed by atoms with van der Waals surface area (Å²) in [6.45, 7) is 16.9. The zero-order valence-electron chi connectivity index (χ0n) is 13.1. The average molecular weight is 247 g/mol. The highest BCUT2D eigenvalue weighted by Gasteiger charge is 2.18. The van der Waals surface area contributed by atoms with E-state index in [-0.39, 0.29) is 5.54 Å². The van der Waals surface area contributed by atoms with Crippen LogP contribution in [0.25, 0.3) is 0 Å². The fourth-order valence-electron chi connectivity index (χ4n) is 2.22. The van der Waals surface area contributed by atoms with Crippen LogP contribution in [0.1, 0.15) is 57.2 Å². The van der Waals surface area contributed by atoms with E-state index in [1.165, 1.54) is 16.7 Å². The minimum absolute atomic E-state index is 0.204. The molecule has 0 aromatic heterocycles. The summed E-state index contributed by atoms with van der Waals surface area (Å²) in [7, 11) is 0. The van der Waals surface area contributed by atoms with Crippen molar-refractivity contribution in [3.8, 4) is 0 Å².